The second-order valence-electron chi connectivity index (χ2n) is 21.8. The van der Waals surface area contributed by atoms with Crippen molar-refractivity contribution in [3.05, 3.63) is 65.5 Å². The summed E-state index contributed by atoms with van der Waals surface area (Å²) in [5.41, 5.74) is -1.71. The first-order chi connectivity index (χ1) is 45.7. The summed E-state index contributed by atoms with van der Waals surface area (Å²) in [6.07, 6.45) is -16.9. The van der Waals surface area contributed by atoms with Crippen molar-refractivity contribution in [3.63, 3.8) is 0 Å². The topological polar surface area (TPSA) is 513 Å². The molecule has 0 aliphatic heterocycles. The van der Waals surface area contributed by atoms with Gasteiger partial charge in [0, 0.05) is 91.8 Å². The second-order valence-corrected chi connectivity index (χ2v) is 31.5. The predicted octanol–water partition coefficient (Wildman–Crippen LogP) is -1.87. The number of benzene rings is 3. The number of nitrogens with one attached hydrogen (secondary N) is 3. The van der Waals surface area contributed by atoms with Crippen molar-refractivity contribution in [2.75, 3.05) is 137 Å². The number of carbonyl (C=O) groups is 9. The maximum Gasteiger partial charge on any atom is 0.256 e. The standard InChI is InChI=1S/C56H72I9N9O24/c1-69(51(93)27-33(57)29(53(95)71(3)12-21(81)15-75)38(62)42(36(27)60)66-48(90)45(87)24(84)18-78)8-6-10-74(56(98)32-35(59)31(55(97)73(5)14-23(83)17-77)40(64)44(41(32)65)68-50(92)47(89)26(86)20-80)11-7-9-70(2)52(94)28-34(58)30(54(96)72(4)13-22(82)16-76)39(63)43(37(28)61)67-49(91)46(88)25(85)19-79/h21-26,45-47,75-89H,6-20H2,1-5H3,(H,66,90)(H,67,91)(H,68,92). The molecule has 0 spiro atoms. The minimum absolute atomic E-state index is 0.00399. The third kappa shape index (κ3) is 22.9. The predicted molar refractivity (Wildman–Crippen MR) is 426 cm³/mol. The van der Waals surface area contributed by atoms with E-state index in [-0.39, 0.29) is 135 Å². The summed E-state index contributed by atoms with van der Waals surface area (Å²) in [7, 11) is 6.63. The second kappa shape index (κ2) is 42.3. The van der Waals surface area contributed by atoms with E-state index in [9.17, 15) is 115 Å². The molecule has 9 atom stereocenters. The summed E-state index contributed by atoms with van der Waals surface area (Å²) in [4.78, 5) is 136. The van der Waals surface area contributed by atoms with Crippen molar-refractivity contribution in [2.24, 2.45) is 0 Å². The molecular formula is C56H72I9N9O24. The Hall–Kier alpha value is -1.14. The number of hydrogen-bond acceptors (Lipinski definition) is 24. The van der Waals surface area contributed by atoms with Crippen LogP contribution in [-0.4, -0.2) is 335 Å². The van der Waals surface area contributed by atoms with Gasteiger partial charge in [0.1, 0.15) is 18.3 Å². The summed E-state index contributed by atoms with van der Waals surface area (Å²) in [5, 5.41) is 158. The molecule has 0 fully saturated rings. The van der Waals surface area contributed by atoms with Gasteiger partial charge in [0.05, 0.1) is 130 Å². The molecule has 33 nitrogen and oxygen atoms in total. The number of hydrogen-bond donors (Lipinski definition) is 18. The molecule has 0 aliphatic rings. The SMILES string of the molecule is CN(CCCN(CCCN(C)C(=O)c1c(I)c(NC(=O)C(O)C(O)CO)c(I)c(C(=O)N(C)CC(O)CO)c1I)C(=O)c1c(I)c(NC(=O)C(O)C(O)CO)c(I)c(C(=O)N(C)CC(O)CO)c1I)C(=O)c1c(I)c(NC(=O)C(O)C(O)CO)c(I)c(C(=O)N(C)CC(O)CO)c1I. The van der Waals surface area contributed by atoms with Gasteiger partial charge in [0.25, 0.3) is 53.2 Å². The molecule has 0 heterocycles. The summed E-state index contributed by atoms with van der Waals surface area (Å²) >= 11 is 15.6. The largest absolute Gasteiger partial charge is 0.394 e. The lowest BCUT2D eigenvalue weighted by molar-refractivity contribution is -0.131. The Morgan fingerprint density at radius 2 is 0.510 bits per heavy atom. The molecular weight excluding hydrogens is 2320 g/mol. The zero-order valence-corrected chi connectivity index (χ0v) is 71.7. The minimum atomic E-state index is -2.24. The lowest BCUT2D eigenvalue weighted by atomic mass is 10.0. The molecule has 0 bridgehead atoms. The van der Waals surface area contributed by atoms with Gasteiger partial charge in [-0.05, 0) is 216 Å². The highest BCUT2D eigenvalue weighted by molar-refractivity contribution is 14.1. The Balaban J connectivity index is 2.36. The van der Waals surface area contributed by atoms with Crippen LogP contribution in [0.25, 0.3) is 0 Å². The van der Waals surface area contributed by atoms with Gasteiger partial charge < -0.3 is 122 Å². The highest BCUT2D eigenvalue weighted by Crippen LogP contribution is 2.41. The van der Waals surface area contributed by atoms with Gasteiger partial charge in [-0.2, -0.15) is 0 Å². The molecule has 42 heteroatoms. The highest BCUT2D eigenvalue weighted by atomic mass is 127. The molecule has 3 aromatic rings. The number of carbonyl (C=O) groups excluding carboxylic acids is 9. The summed E-state index contributed by atoms with van der Waals surface area (Å²) in [6.45, 7) is -7.48. The summed E-state index contributed by atoms with van der Waals surface area (Å²) < 4.78 is 0.173. The number of aliphatic hydroxyl groups excluding tert-OH is 15. The van der Waals surface area contributed by atoms with E-state index in [1.807, 2.05) is 0 Å². The van der Waals surface area contributed by atoms with Crippen LogP contribution in [0.1, 0.15) is 75.0 Å². The van der Waals surface area contributed by atoms with Crippen molar-refractivity contribution in [1.82, 2.24) is 29.4 Å². The lowest BCUT2D eigenvalue weighted by Crippen LogP contribution is -2.41. The van der Waals surface area contributed by atoms with Crippen LogP contribution in [0.3, 0.4) is 0 Å². The third-order valence-electron chi connectivity index (χ3n) is 14.4. The number of nitrogens with zero attached hydrogens (tertiary/aromatic N) is 6. The van der Waals surface area contributed by atoms with Crippen LogP contribution in [-0.2, 0) is 14.4 Å². The van der Waals surface area contributed by atoms with Crippen LogP contribution in [0.2, 0.25) is 0 Å². The molecule has 0 aliphatic carbocycles. The average molecular weight is 2400 g/mol. The Bertz CT molecular complexity index is 3290. The fourth-order valence-corrected chi connectivity index (χ4v) is 21.9. The Kier molecular flexibility index (Phi) is 39.3. The van der Waals surface area contributed by atoms with E-state index in [4.69, 9.17) is 0 Å². The zero-order chi connectivity index (χ0) is 75.0. The van der Waals surface area contributed by atoms with E-state index < -0.39 is 154 Å². The van der Waals surface area contributed by atoms with E-state index in [0.29, 0.717) is 0 Å². The van der Waals surface area contributed by atoms with Gasteiger partial charge in [0.15, 0.2) is 18.3 Å². The molecule has 98 heavy (non-hydrogen) atoms. The van der Waals surface area contributed by atoms with Crippen molar-refractivity contribution in [3.8, 4) is 0 Å². The Labute approximate surface area is 683 Å². The number of halogens is 9. The molecule has 3 rings (SSSR count). The molecule has 9 amide bonds. The first kappa shape index (κ1) is 91.1. The van der Waals surface area contributed by atoms with Gasteiger partial charge in [-0.1, -0.05) is 0 Å². The van der Waals surface area contributed by atoms with Gasteiger partial charge >= 0.3 is 0 Å². The fourth-order valence-electron chi connectivity index (χ4n) is 8.86. The number of amides is 9. The number of anilines is 3. The monoisotopic (exact) mass is 2400 g/mol. The van der Waals surface area contributed by atoms with Gasteiger partial charge in [-0.25, -0.2) is 0 Å². The molecule has 0 aromatic heterocycles. The third-order valence-corrected chi connectivity index (χ3v) is 24.1. The Morgan fingerprint density at radius 3 is 0.714 bits per heavy atom. The average Bonchev–Trinajstić information content (AvgIpc) is 0.774. The molecule has 0 saturated carbocycles. The number of likely N-dealkylation sites (N-methyl/N-ethyl adjacent to an activating group) is 3. The van der Waals surface area contributed by atoms with E-state index in [2.05, 4.69) is 16.0 Å². The van der Waals surface area contributed by atoms with Crippen LogP contribution < -0.4 is 16.0 Å². The van der Waals surface area contributed by atoms with E-state index in [1.165, 1.54) is 49.9 Å². The Morgan fingerprint density at radius 1 is 0.306 bits per heavy atom. The first-order valence-corrected chi connectivity index (χ1v) is 38.3. The molecule has 0 saturated heterocycles. The zero-order valence-electron chi connectivity index (χ0n) is 52.3. The van der Waals surface area contributed by atoms with Crippen LogP contribution in [0.4, 0.5) is 17.1 Å². The summed E-state index contributed by atoms with van der Waals surface area (Å²) in [5.74, 6) is -8.56. The van der Waals surface area contributed by atoms with E-state index >= 15 is 4.79 Å². The molecule has 18 N–H and O–H groups in total. The van der Waals surface area contributed by atoms with Gasteiger partial charge in [-0.3, -0.25) is 43.2 Å². The summed E-state index contributed by atoms with van der Waals surface area (Å²) in [6, 6.07) is 0. The van der Waals surface area contributed by atoms with Crippen LogP contribution in [0, 0.1) is 32.1 Å². The minimum Gasteiger partial charge on any atom is -0.394 e. The van der Waals surface area contributed by atoms with E-state index in [0.717, 1.165) is 14.7 Å². The normalized spacial score (nSPS) is 14.2. The van der Waals surface area contributed by atoms with Gasteiger partial charge in [-0.15, -0.1) is 0 Å². The smallest absolute Gasteiger partial charge is 0.256 e. The van der Waals surface area contributed by atoms with E-state index in [1.54, 1.807) is 203 Å². The fraction of sp³-hybridized carbons (Fsp3) is 0.518. The molecule has 0 radical (unpaired) electrons. The number of aliphatic hydroxyl groups is 15. The van der Waals surface area contributed by atoms with Crippen molar-refractivity contribution in [1.29, 1.82) is 0 Å². The van der Waals surface area contributed by atoms with Crippen LogP contribution in [0.5, 0.6) is 0 Å². The maximum absolute atomic E-state index is 15.7. The maximum atomic E-state index is 15.7. The first-order valence-electron chi connectivity index (χ1n) is 28.6. The van der Waals surface area contributed by atoms with Crippen molar-refractivity contribution < 1.29 is 120 Å². The van der Waals surface area contributed by atoms with Crippen LogP contribution in [0.15, 0.2) is 0 Å². The number of rotatable bonds is 35. The van der Waals surface area contributed by atoms with Crippen molar-refractivity contribution >= 4 is 274 Å². The van der Waals surface area contributed by atoms with Crippen LogP contribution >= 0.6 is 203 Å². The quantitative estimate of drug-likeness (QED) is 0.0287. The molecule has 9 unspecified atom stereocenters. The highest BCUT2D eigenvalue weighted by Gasteiger charge is 2.38. The molecule has 3 aromatic carbocycles. The molecule has 548 valence electrons. The van der Waals surface area contributed by atoms with Crippen molar-refractivity contribution in [2.45, 2.75) is 67.8 Å². The van der Waals surface area contributed by atoms with Gasteiger partial charge in [0.2, 0.25) is 0 Å². The lowest BCUT2D eigenvalue weighted by Gasteiger charge is -2.29.